The highest BCUT2D eigenvalue weighted by Crippen LogP contribution is 2.33. The number of hydrogen-bond acceptors (Lipinski definition) is 5. The van der Waals surface area contributed by atoms with Gasteiger partial charge in [-0.15, -0.1) is 0 Å². The van der Waals surface area contributed by atoms with Crippen molar-refractivity contribution in [2.45, 2.75) is 11.8 Å². The molecule has 0 aliphatic heterocycles. The second-order valence-corrected chi connectivity index (χ2v) is 10.5. The van der Waals surface area contributed by atoms with Gasteiger partial charge in [0.05, 0.1) is 33.5 Å². The monoisotopic (exact) mass is 549 g/mol. The van der Waals surface area contributed by atoms with Gasteiger partial charge < -0.3 is 15.4 Å². The zero-order chi connectivity index (χ0) is 26.3. The fourth-order valence-corrected chi connectivity index (χ4v) is 5.15. The summed E-state index contributed by atoms with van der Waals surface area (Å²) in [6.07, 6.45) is 0. The van der Waals surface area contributed by atoms with Crippen LogP contribution in [0, 0.1) is 6.92 Å². The summed E-state index contributed by atoms with van der Waals surface area (Å²) < 4.78 is 33.0. The van der Waals surface area contributed by atoms with Crippen LogP contribution in [0.2, 0.25) is 10.0 Å². The fraction of sp³-hybridized carbons (Fsp3) is 0.200. The molecule has 3 aromatic carbocycles. The minimum Gasteiger partial charge on any atom is -0.383 e. The number of rotatable bonds is 10. The van der Waals surface area contributed by atoms with E-state index < -0.39 is 28.4 Å². The Morgan fingerprint density at radius 3 is 2.39 bits per heavy atom. The average Bonchev–Trinajstić information content (AvgIpc) is 2.85. The van der Waals surface area contributed by atoms with Crippen molar-refractivity contribution in [3.05, 3.63) is 87.9 Å². The fourth-order valence-electron chi connectivity index (χ4n) is 3.29. The first-order valence-electron chi connectivity index (χ1n) is 10.8. The Balaban J connectivity index is 1.93. The number of hydrogen-bond donors (Lipinski definition) is 2. The molecule has 8 nitrogen and oxygen atoms in total. The Bertz CT molecular complexity index is 1350. The lowest BCUT2D eigenvalue weighted by Crippen LogP contribution is -2.38. The lowest BCUT2D eigenvalue weighted by atomic mass is 10.1. The zero-order valence-corrected chi connectivity index (χ0v) is 22.0. The second-order valence-electron chi connectivity index (χ2n) is 7.76. The summed E-state index contributed by atoms with van der Waals surface area (Å²) in [7, 11) is -2.69. The minimum atomic E-state index is -4.20. The van der Waals surface area contributed by atoms with E-state index in [0.717, 1.165) is 9.87 Å². The van der Waals surface area contributed by atoms with Crippen molar-refractivity contribution < 1.29 is 22.7 Å². The van der Waals surface area contributed by atoms with Crippen molar-refractivity contribution in [1.82, 2.24) is 5.32 Å². The SMILES string of the molecule is COCCNC(=O)c1ccccc1NC(=O)CN(c1cc(Cl)ccc1Cl)S(=O)(=O)c1ccc(C)cc1. The van der Waals surface area contributed by atoms with Gasteiger partial charge in [-0.2, -0.15) is 0 Å². The summed E-state index contributed by atoms with van der Waals surface area (Å²) in [5.41, 5.74) is 1.36. The molecule has 0 aliphatic rings. The van der Waals surface area contributed by atoms with Crippen molar-refractivity contribution in [2.24, 2.45) is 0 Å². The highest BCUT2D eigenvalue weighted by Gasteiger charge is 2.29. The number of ether oxygens (including phenoxy) is 1. The lowest BCUT2D eigenvalue weighted by molar-refractivity contribution is -0.114. The molecule has 0 spiro atoms. The van der Waals surface area contributed by atoms with Crippen molar-refractivity contribution >= 4 is 56.4 Å². The quantitative estimate of drug-likeness (QED) is 0.362. The third kappa shape index (κ3) is 6.76. The summed E-state index contributed by atoms with van der Waals surface area (Å²) in [4.78, 5) is 25.7. The molecule has 36 heavy (non-hydrogen) atoms. The number of aryl methyl sites for hydroxylation is 1. The molecule has 0 saturated heterocycles. The molecule has 0 radical (unpaired) electrons. The number of nitrogens with zero attached hydrogens (tertiary/aromatic N) is 1. The Hall–Kier alpha value is -3.11. The van der Waals surface area contributed by atoms with E-state index in [-0.39, 0.29) is 38.4 Å². The number of anilines is 2. The zero-order valence-electron chi connectivity index (χ0n) is 19.6. The number of sulfonamides is 1. The minimum absolute atomic E-state index is 0.0186. The number of carbonyl (C=O) groups is 2. The van der Waals surface area contributed by atoms with Crippen LogP contribution < -0.4 is 14.9 Å². The van der Waals surface area contributed by atoms with E-state index in [1.54, 1.807) is 36.4 Å². The molecule has 3 aromatic rings. The normalized spacial score (nSPS) is 11.1. The summed E-state index contributed by atoms with van der Waals surface area (Å²) in [5.74, 6) is -1.09. The van der Waals surface area contributed by atoms with Crippen LogP contribution in [0.3, 0.4) is 0 Å². The van der Waals surface area contributed by atoms with E-state index in [9.17, 15) is 18.0 Å². The highest BCUT2D eigenvalue weighted by atomic mass is 35.5. The number of nitrogens with one attached hydrogen (secondary N) is 2. The molecule has 0 saturated carbocycles. The van der Waals surface area contributed by atoms with Crippen molar-refractivity contribution in [1.29, 1.82) is 0 Å². The molecule has 11 heteroatoms. The van der Waals surface area contributed by atoms with Crippen molar-refractivity contribution in [3.63, 3.8) is 0 Å². The predicted octanol–water partition coefficient (Wildman–Crippen LogP) is 4.51. The molecule has 0 fully saturated rings. The van der Waals surface area contributed by atoms with Crippen LogP contribution in [-0.4, -0.2) is 47.0 Å². The molecular formula is C25H25Cl2N3O5S. The topological polar surface area (TPSA) is 105 Å². The number of methoxy groups -OCH3 is 1. The first-order valence-corrected chi connectivity index (χ1v) is 13.0. The molecule has 0 bridgehead atoms. The van der Waals surface area contributed by atoms with Gasteiger partial charge in [-0.05, 0) is 49.4 Å². The van der Waals surface area contributed by atoms with E-state index in [1.807, 2.05) is 6.92 Å². The van der Waals surface area contributed by atoms with Crippen molar-refractivity contribution in [2.75, 3.05) is 36.4 Å². The highest BCUT2D eigenvalue weighted by molar-refractivity contribution is 7.92. The van der Waals surface area contributed by atoms with E-state index in [0.29, 0.717) is 6.61 Å². The summed E-state index contributed by atoms with van der Waals surface area (Å²) >= 11 is 12.4. The lowest BCUT2D eigenvalue weighted by Gasteiger charge is -2.25. The van der Waals surface area contributed by atoms with Gasteiger partial charge in [-0.3, -0.25) is 13.9 Å². The maximum atomic E-state index is 13.6. The second kappa shape index (κ2) is 12.2. The molecule has 0 heterocycles. The van der Waals surface area contributed by atoms with E-state index in [4.69, 9.17) is 27.9 Å². The van der Waals surface area contributed by atoms with Gasteiger partial charge in [-0.25, -0.2) is 8.42 Å². The van der Waals surface area contributed by atoms with Crippen molar-refractivity contribution in [3.8, 4) is 0 Å². The van der Waals surface area contributed by atoms with Crippen LogP contribution in [0.1, 0.15) is 15.9 Å². The summed E-state index contributed by atoms with van der Waals surface area (Å²) in [5, 5.41) is 5.67. The molecular weight excluding hydrogens is 525 g/mol. The molecule has 0 aromatic heterocycles. The van der Waals surface area contributed by atoms with E-state index in [1.165, 1.54) is 37.4 Å². The standard InChI is InChI=1S/C25H25Cl2N3O5S/c1-17-7-10-19(11-8-17)36(33,34)30(23-15-18(26)9-12-21(23)27)16-24(31)29-22-6-4-3-5-20(22)25(32)28-13-14-35-2/h3-12,15H,13-14,16H2,1-2H3,(H,28,32)(H,29,31). The van der Waals surface area contributed by atoms with Crippen LogP contribution in [-0.2, 0) is 19.6 Å². The Morgan fingerprint density at radius 2 is 1.69 bits per heavy atom. The maximum absolute atomic E-state index is 13.6. The van der Waals surface area contributed by atoms with E-state index in [2.05, 4.69) is 10.6 Å². The van der Waals surface area contributed by atoms with Gasteiger partial charge in [0.2, 0.25) is 5.91 Å². The Morgan fingerprint density at radius 1 is 1.00 bits per heavy atom. The van der Waals surface area contributed by atoms with E-state index >= 15 is 0 Å². The molecule has 0 aliphatic carbocycles. The molecule has 0 unspecified atom stereocenters. The van der Waals surface area contributed by atoms with Gasteiger partial charge in [0.15, 0.2) is 0 Å². The molecule has 2 N–H and O–H groups in total. The van der Waals surface area contributed by atoms with Crippen LogP contribution in [0.5, 0.6) is 0 Å². The van der Waals surface area contributed by atoms with Gasteiger partial charge in [-0.1, -0.05) is 53.0 Å². The van der Waals surface area contributed by atoms with Gasteiger partial charge in [0, 0.05) is 18.7 Å². The molecule has 3 rings (SSSR count). The maximum Gasteiger partial charge on any atom is 0.264 e. The smallest absolute Gasteiger partial charge is 0.264 e. The Labute approximate surface area is 220 Å². The number of para-hydroxylation sites is 1. The third-order valence-corrected chi connectivity index (χ3v) is 7.44. The number of carbonyl (C=O) groups excluding carboxylic acids is 2. The molecule has 0 atom stereocenters. The van der Waals surface area contributed by atoms with Gasteiger partial charge >= 0.3 is 0 Å². The summed E-state index contributed by atoms with van der Waals surface area (Å²) in [6.45, 7) is 1.83. The first kappa shape index (κ1) is 27.5. The third-order valence-electron chi connectivity index (χ3n) is 5.11. The number of halogens is 2. The number of benzene rings is 3. The number of amides is 2. The molecule has 190 valence electrons. The summed E-state index contributed by atoms with van der Waals surface area (Å²) in [6, 6.07) is 17.0. The first-order chi connectivity index (χ1) is 17.1. The van der Waals surface area contributed by atoms with Gasteiger partial charge in [0.1, 0.15) is 6.54 Å². The predicted molar refractivity (Wildman–Crippen MR) is 141 cm³/mol. The van der Waals surface area contributed by atoms with Crippen LogP contribution in [0.25, 0.3) is 0 Å². The average molecular weight is 550 g/mol. The molecule has 2 amide bonds. The van der Waals surface area contributed by atoms with Crippen LogP contribution >= 0.6 is 23.2 Å². The van der Waals surface area contributed by atoms with Crippen LogP contribution in [0.15, 0.2) is 71.6 Å². The van der Waals surface area contributed by atoms with Gasteiger partial charge in [0.25, 0.3) is 15.9 Å². The van der Waals surface area contributed by atoms with Crippen LogP contribution in [0.4, 0.5) is 11.4 Å². The largest absolute Gasteiger partial charge is 0.383 e. The Kier molecular flexibility index (Phi) is 9.33.